The van der Waals surface area contributed by atoms with Gasteiger partial charge in [-0.05, 0) is 19.3 Å². The number of rotatable bonds is 12. The minimum absolute atomic E-state index is 0.104. The van der Waals surface area contributed by atoms with Gasteiger partial charge in [0, 0.05) is 32.7 Å². The van der Waals surface area contributed by atoms with Crippen molar-refractivity contribution in [3.63, 3.8) is 0 Å². The Hall–Kier alpha value is -1.73. The largest absolute Gasteiger partial charge is 0.480 e. The summed E-state index contributed by atoms with van der Waals surface area (Å²) in [6, 6.07) is 0. The number of aliphatic hydroxyl groups excluding tert-OH is 2. The van der Waals surface area contributed by atoms with Crippen molar-refractivity contribution in [3.8, 4) is 0 Å². The van der Waals surface area contributed by atoms with Gasteiger partial charge in [0.15, 0.2) is 0 Å². The molecule has 0 amide bonds. The first-order valence-electron chi connectivity index (χ1n) is 9.70. The van der Waals surface area contributed by atoms with E-state index in [-0.39, 0.29) is 6.54 Å². The lowest BCUT2D eigenvalue weighted by Gasteiger charge is -2.33. The Kier molecular flexibility index (Phi) is 12.4. The molecule has 0 saturated carbocycles. The molecule has 0 aliphatic carbocycles. The lowest BCUT2D eigenvalue weighted by Crippen LogP contribution is -2.48. The summed E-state index contributed by atoms with van der Waals surface area (Å²) in [5.41, 5.74) is 0. The van der Waals surface area contributed by atoms with E-state index in [0.717, 1.165) is 39.1 Å². The molecule has 0 aromatic carbocycles. The molecule has 0 aromatic rings. The van der Waals surface area contributed by atoms with Crippen molar-refractivity contribution in [1.82, 2.24) is 9.80 Å². The summed E-state index contributed by atoms with van der Waals surface area (Å²) in [4.78, 5) is 14.9. The Morgan fingerprint density at radius 1 is 0.926 bits per heavy atom. The van der Waals surface area contributed by atoms with Crippen molar-refractivity contribution >= 4 is 5.97 Å². The van der Waals surface area contributed by atoms with E-state index in [0.29, 0.717) is 12.8 Å². The third-order valence-electron chi connectivity index (χ3n) is 4.34. The molecule has 0 bridgehead atoms. The van der Waals surface area contributed by atoms with Crippen LogP contribution in [-0.4, -0.2) is 82.6 Å². The second kappa shape index (κ2) is 14.3. The number of nitrogens with zero attached hydrogens (tertiary/aromatic N) is 2. The Balaban J connectivity index is 2.16. The molecular weight excluding hydrogens is 344 g/mol. The van der Waals surface area contributed by atoms with Gasteiger partial charge in [-0.1, -0.05) is 55.5 Å². The zero-order valence-corrected chi connectivity index (χ0v) is 16.3. The summed E-state index contributed by atoms with van der Waals surface area (Å²) in [6.45, 7) is 6.15. The molecule has 1 aliphatic heterocycles. The standard InChI is InChI=1S/C21H34N2O4/c1-2-3-6-9-19(24)10-7-4-5-8-11-20(25)12-13-22-14-16-23(17-15-22)18-21(26)27/h3-8,10-11,19-20,24-25H,2,9,12-18H2,1H3,(H,26,27)/b5-4-,6-3-,10-7+,11-8+/t19-,20+/m0/s1. The van der Waals surface area contributed by atoms with Gasteiger partial charge in [-0.25, -0.2) is 0 Å². The summed E-state index contributed by atoms with van der Waals surface area (Å²) >= 11 is 0. The summed E-state index contributed by atoms with van der Waals surface area (Å²) in [5, 5.41) is 28.5. The molecule has 0 aromatic heterocycles. The van der Waals surface area contributed by atoms with E-state index in [2.05, 4.69) is 11.8 Å². The summed E-state index contributed by atoms with van der Waals surface area (Å²) in [7, 11) is 0. The molecule has 6 nitrogen and oxygen atoms in total. The molecule has 6 heteroatoms. The highest BCUT2D eigenvalue weighted by molar-refractivity contribution is 5.69. The van der Waals surface area contributed by atoms with Crippen LogP contribution in [0.5, 0.6) is 0 Å². The molecule has 0 unspecified atom stereocenters. The van der Waals surface area contributed by atoms with Gasteiger partial charge in [-0.2, -0.15) is 0 Å². The van der Waals surface area contributed by atoms with E-state index in [1.807, 2.05) is 35.3 Å². The Morgan fingerprint density at radius 3 is 2.11 bits per heavy atom. The van der Waals surface area contributed by atoms with Gasteiger partial charge in [0.25, 0.3) is 0 Å². The predicted molar refractivity (Wildman–Crippen MR) is 109 cm³/mol. The van der Waals surface area contributed by atoms with E-state index in [9.17, 15) is 15.0 Å². The fraction of sp³-hybridized carbons (Fsp3) is 0.571. The van der Waals surface area contributed by atoms with Crippen molar-refractivity contribution in [2.75, 3.05) is 39.3 Å². The van der Waals surface area contributed by atoms with Gasteiger partial charge in [0.1, 0.15) is 0 Å². The first-order chi connectivity index (χ1) is 13.0. The van der Waals surface area contributed by atoms with E-state index >= 15 is 0 Å². The summed E-state index contributed by atoms with van der Waals surface area (Å²) in [5.74, 6) is -0.783. The molecular formula is C21H34N2O4. The molecule has 1 fully saturated rings. The van der Waals surface area contributed by atoms with Gasteiger partial charge in [-0.3, -0.25) is 9.69 Å². The number of aliphatic carboxylic acids is 1. The molecule has 27 heavy (non-hydrogen) atoms. The lowest BCUT2D eigenvalue weighted by molar-refractivity contribution is -0.138. The number of piperazine rings is 1. The van der Waals surface area contributed by atoms with Crippen LogP contribution in [0.1, 0.15) is 26.2 Å². The maximum atomic E-state index is 10.7. The van der Waals surface area contributed by atoms with Gasteiger partial charge >= 0.3 is 5.97 Å². The number of hydrogen-bond donors (Lipinski definition) is 3. The van der Waals surface area contributed by atoms with Gasteiger partial charge in [0.2, 0.25) is 0 Å². The fourth-order valence-corrected chi connectivity index (χ4v) is 2.77. The highest BCUT2D eigenvalue weighted by atomic mass is 16.4. The van der Waals surface area contributed by atoms with Crippen LogP contribution in [0, 0.1) is 0 Å². The smallest absolute Gasteiger partial charge is 0.317 e. The minimum atomic E-state index is -0.783. The second-order valence-corrected chi connectivity index (χ2v) is 6.70. The molecule has 1 heterocycles. The van der Waals surface area contributed by atoms with Crippen LogP contribution in [0.3, 0.4) is 0 Å². The molecule has 0 radical (unpaired) electrons. The van der Waals surface area contributed by atoms with Gasteiger partial charge in [0.05, 0.1) is 18.8 Å². The van der Waals surface area contributed by atoms with Crippen LogP contribution in [0.4, 0.5) is 0 Å². The van der Waals surface area contributed by atoms with Crippen LogP contribution >= 0.6 is 0 Å². The van der Waals surface area contributed by atoms with Gasteiger partial charge in [-0.15, -0.1) is 0 Å². The fourth-order valence-electron chi connectivity index (χ4n) is 2.77. The molecule has 2 atom stereocenters. The van der Waals surface area contributed by atoms with E-state index in [1.165, 1.54) is 0 Å². The molecule has 152 valence electrons. The number of hydrogen-bond acceptors (Lipinski definition) is 5. The summed E-state index contributed by atoms with van der Waals surface area (Å²) in [6.07, 6.45) is 16.1. The monoisotopic (exact) mass is 378 g/mol. The SMILES string of the molecule is CC/C=C\C[C@H](O)/C=C/C=C\C=C\[C@@H](O)CCN1CCN(CC(=O)O)CC1. The topological polar surface area (TPSA) is 84.2 Å². The lowest BCUT2D eigenvalue weighted by atomic mass is 10.2. The van der Waals surface area contributed by atoms with Crippen molar-refractivity contribution in [2.45, 2.75) is 38.4 Å². The minimum Gasteiger partial charge on any atom is -0.480 e. The number of carboxylic acids is 1. The number of carboxylic acid groups (broad SMARTS) is 1. The van der Waals surface area contributed by atoms with E-state index in [1.54, 1.807) is 18.2 Å². The van der Waals surface area contributed by atoms with Crippen LogP contribution in [0.25, 0.3) is 0 Å². The molecule has 1 aliphatic rings. The average molecular weight is 379 g/mol. The normalized spacial score (nSPS) is 19.7. The summed E-state index contributed by atoms with van der Waals surface area (Å²) < 4.78 is 0. The number of carbonyl (C=O) groups is 1. The predicted octanol–water partition coefficient (Wildman–Crippen LogP) is 1.83. The third-order valence-corrected chi connectivity index (χ3v) is 4.34. The highest BCUT2D eigenvalue weighted by Crippen LogP contribution is 2.04. The van der Waals surface area contributed by atoms with Crippen molar-refractivity contribution in [3.05, 3.63) is 48.6 Å². The van der Waals surface area contributed by atoms with Crippen LogP contribution in [-0.2, 0) is 4.79 Å². The van der Waals surface area contributed by atoms with Crippen molar-refractivity contribution in [1.29, 1.82) is 0 Å². The Morgan fingerprint density at radius 2 is 1.52 bits per heavy atom. The first-order valence-corrected chi connectivity index (χ1v) is 9.70. The van der Waals surface area contributed by atoms with Crippen LogP contribution < -0.4 is 0 Å². The van der Waals surface area contributed by atoms with Crippen molar-refractivity contribution < 1.29 is 20.1 Å². The van der Waals surface area contributed by atoms with Crippen LogP contribution in [0.15, 0.2) is 48.6 Å². The second-order valence-electron chi connectivity index (χ2n) is 6.70. The third kappa shape index (κ3) is 12.3. The average Bonchev–Trinajstić information content (AvgIpc) is 2.63. The number of allylic oxidation sites excluding steroid dienone is 5. The molecule has 1 saturated heterocycles. The molecule has 0 spiro atoms. The Bertz CT molecular complexity index is 520. The maximum Gasteiger partial charge on any atom is 0.317 e. The van der Waals surface area contributed by atoms with E-state index < -0.39 is 18.2 Å². The number of aliphatic hydroxyl groups is 2. The zero-order chi connectivity index (χ0) is 19.9. The molecule has 3 N–H and O–H groups in total. The quantitative estimate of drug-likeness (QED) is 0.355. The highest BCUT2D eigenvalue weighted by Gasteiger charge is 2.18. The first kappa shape index (κ1) is 23.3. The van der Waals surface area contributed by atoms with Crippen LogP contribution in [0.2, 0.25) is 0 Å². The van der Waals surface area contributed by atoms with Gasteiger partial charge < -0.3 is 20.2 Å². The zero-order valence-electron chi connectivity index (χ0n) is 16.3. The van der Waals surface area contributed by atoms with E-state index in [4.69, 9.17) is 5.11 Å². The maximum absolute atomic E-state index is 10.7. The Labute approximate surface area is 162 Å². The molecule has 1 rings (SSSR count). The van der Waals surface area contributed by atoms with Crippen molar-refractivity contribution in [2.24, 2.45) is 0 Å².